The van der Waals surface area contributed by atoms with Crippen LogP contribution in [-0.4, -0.2) is 51.3 Å². The fraction of sp³-hybridized carbons (Fsp3) is 0.364. The summed E-state index contributed by atoms with van der Waals surface area (Å²) in [4.78, 5) is 26.2. The monoisotopic (exact) mass is 412 g/mol. The van der Waals surface area contributed by atoms with Crippen LogP contribution in [0.15, 0.2) is 42.5 Å². The minimum Gasteiger partial charge on any atom is -0.495 e. The van der Waals surface area contributed by atoms with Gasteiger partial charge in [0, 0.05) is 37.1 Å². The first kappa shape index (κ1) is 21.4. The van der Waals surface area contributed by atoms with Crippen molar-refractivity contribution in [2.24, 2.45) is 0 Å². The van der Waals surface area contributed by atoms with Crippen LogP contribution < -0.4 is 25.6 Å². The summed E-state index contributed by atoms with van der Waals surface area (Å²) in [7, 11) is 1.55. The van der Waals surface area contributed by atoms with Gasteiger partial charge in [-0.25, -0.2) is 0 Å². The van der Waals surface area contributed by atoms with Gasteiger partial charge in [-0.2, -0.15) is 0 Å². The maximum atomic E-state index is 12.7. The summed E-state index contributed by atoms with van der Waals surface area (Å²) in [5, 5.41) is 8.79. The molecule has 160 valence electrons. The Balaban J connectivity index is 1.62. The van der Waals surface area contributed by atoms with E-state index in [1.54, 1.807) is 32.2 Å². The summed E-state index contributed by atoms with van der Waals surface area (Å²) in [6.45, 7) is 6.40. The fourth-order valence-electron chi connectivity index (χ4n) is 3.23. The normalized spacial score (nSPS) is 14.6. The summed E-state index contributed by atoms with van der Waals surface area (Å²) in [6.07, 6.45) is 0. The number of ether oxygens (including phenoxy) is 2. The van der Waals surface area contributed by atoms with Crippen LogP contribution in [0.5, 0.6) is 5.75 Å². The van der Waals surface area contributed by atoms with E-state index in [9.17, 15) is 9.59 Å². The Morgan fingerprint density at radius 3 is 2.33 bits per heavy atom. The van der Waals surface area contributed by atoms with Crippen LogP contribution in [-0.2, 0) is 14.3 Å². The number of nitrogens with zero attached hydrogens (tertiary/aromatic N) is 1. The summed E-state index contributed by atoms with van der Waals surface area (Å²) < 4.78 is 10.7. The van der Waals surface area contributed by atoms with Crippen molar-refractivity contribution >= 4 is 34.6 Å². The van der Waals surface area contributed by atoms with Crippen LogP contribution in [0.4, 0.5) is 22.7 Å². The highest BCUT2D eigenvalue weighted by molar-refractivity contribution is 5.97. The van der Waals surface area contributed by atoms with Crippen LogP contribution in [0.25, 0.3) is 0 Å². The molecule has 8 nitrogen and oxygen atoms in total. The number of carbonyl (C=O) groups excluding carboxylic acids is 2. The van der Waals surface area contributed by atoms with Crippen molar-refractivity contribution in [3.05, 3.63) is 42.5 Å². The maximum Gasteiger partial charge on any atom is 0.246 e. The molecule has 2 aromatic carbocycles. The topological polar surface area (TPSA) is 91.9 Å². The number of hydrogen-bond donors (Lipinski definition) is 3. The third-order valence-corrected chi connectivity index (χ3v) is 4.80. The maximum absolute atomic E-state index is 12.7. The molecule has 3 N–H and O–H groups in total. The van der Waals surface area contributed by atoms with Crippen molar-refractivity contribution in [1.82, 2.24) is 0 Å². The highest BCUT2D eigenvalue weighted by Crippen LogP contribution is 2.28. The highest BCUT2D eigenvalue weighted by Gasteiger charge is 2.16. The first-order valence-corrected chi connectivity index (χ1v) is 9.92. The number of hydrogen-bond acceptors (Lipinski definition) is 6. The van der Waals surface area contributed by atoms with Crippen molar-refractivity contribution in [3.63, 3.8) is 0 Å². The van der Waals surface area contributed by atoms with Crippen molar-refractivity contribution in [1.29, 1.82) is 0 Å². The summed E-state index contributed by atoms with van der Waals surface area (Å²) >= 11 is 0. The van der Waals surface area contributed by atoms with E-state index in [0.717, 1.165) is 37.7 Å². The summed E-state index contributed by atoms with van der Waals surface area (Å²) in [5.41, 5.74) is 3.08. The lowest BCUT2D eigenvalue weighted by Gasteiger charge is -2.29. The standard InChI is InChI=1S/C22H28N4O4/c1-15(23-20-14-18(24-16(2)27)6-9-21(20)29-3)22(28)25-17-4-7-19(8-5-17)26-10-12-30-13-11-26/h4-9,14-15,23H,10-13H2,1-3H3,(H,24,27)(H,25,28)/t15-/m0/s1. The Morgan fingerprint density at radius 1 is 1.03 bits per heavy atom. The molecule has 0 unspecified atom stereocenters. The van der Waals surface area contributed by atoms with Crippen LogP contribution >= 0.6 is 0 Å². The van der Waals surface area contributed by atoms with Crippen LogP contribution in [0.1, 0.15) is 13.8 Å². The molecule has 2 aromatic rings. The van der Waals surface area contributed by atoms with Gasteiger partial charge in [0.25, 0.3) is 0 Å². The molecule has 1 saturated heterocycles. The van der Waals surface area contributed by atoms with Crippen molar-refractivity contribution in [2.45, 2.75) is 19.9 Å². The van der Waals surface area contributed by atoms with Gasteiger partial charge in [-0.15, -0.1) is 0 Å². The predicted molar refractivity (Wildman–Crippen MR) is 118 cm³/mol. The molecule has 0 spiro atoms. The van der Waals surface area contributed by atoms with E-state index in [-0.39, 0.29) is 11.8 Å². The Labute approximate surface area is 176 Å². The largest absolute Gasteiger partial charge is 0.495 e. The van der Waals surface area contributed by atoms with E-state index in [1.165, 1.54) is 6.92 Å². The minimum atomic E-state index is -0.523. The fourth-order valence-corrected chi connectivity index (χ4v) is 3.23. The molecule has 0 bridgehead atoms. The zero-order valence-electron chi connectivity index (χ0n) is 17.5. The van der Waals surface area contributed by atoms with E-state index in [1.807, 2.05) is 24.3 Å². The van der Waals surface area contributed by atoms with Gasteiger partial charge in [-0.3, -0.25) is 9.59 Å². The molecule has 0 aromatic heterocycles. The molecular formula is C22H28N4O4. The molecular weight excluding hydrogens is 384 g/mol. The lowest BCUT2D eigenvalue weighted by molar-refractivity contribution is -0.116. The quantitative estimate of drug-likeness (QED) is 0.648. The lowest BCUT2D eigenvalue weighted by atomic mass is 10.2. The number of anilines is 4. The molecule has 30 heavy (non-hydrogen) atoms. The van der Waals surface area contributed by atoms with E-state index in [0.29, 0.717) is 17.1 Å². The molecule has 8 heteroatoms. The second-order valence-electron chi connectivity index (χ2n) is 7.10. The highest BCUT2D eigenvalue weighted by atomic mass is 16.5. The SMILES string of the molecule is COc1ccc(NC(C)=O)cc1N[C@@H](C)C(=O)Nc1ccc(N2CCOCC2)cc1. The molecule has 0 aliphatic carbocycles. The van der Waals surface area contributed by atoms with Gasteiger partial charge in [-0.1, -0.05) is 0 Å². The first-order chi connectivity index (χ1) is 14.5. The zero-order chi connectivity index (χ0) is 21.5. The zero-order valence-corrected chi connectivity index (χ0v) is 17.5. The number of rotatable bonds is 7. The Bertz CT molecular complexity index is 879. The van der Waals surface area contributed by atoms with E-state index in [2.05, 4.69) is 20.9 Å². The van der Waals surface area contributed by atoms with E-state index in [4.69, 9.17) is 9.47 Å². The molecule has 2 amide bonds. The number of benzene rings is 2. The van der Waals surface area contributed by atoms with Crippen LogP contribution in [0.2, 0.25) is 0 Å². The van der Waals surface area contributed by atoms with Gasteiger partial charge >= 0.3 is 0 Å². The van der Waals surface area contributed by atoms with Gasteiger partial charge in [0.2, 0.25) is 11.8 Å². The Hall–Kier alpha value is -3.26. The van der Waals surface area contributed by atoms with Gasteiger partial charge in [0.1, 0.15) is 11.8 Å². The average Bonchev–Trinajstić information content (AvgIpc) is 2.74. The molecule has 1 fully saturated rings. The lowest BCUT2D eigenvalue weighted by Crippen LogP contribution is -2.36. The minimum absolute atomic E-state index is 0.169. The molecule has 3 rings (SSSR count). The molecule has 0 radical (unpaired) electrons. The number of nitrogens with one attached hydrogen (secondary N) is 3. The summed E-state index contributed by atoms with van der Waals surface area (Å²) in [6, 6.07) is 12.5. The average molecular weight is 412 g/mol. The van der Waals surface area contributed by atoms with E-state index < -0.39 is 6.04 Å². The number of methoxy groups -OCH3 is 1. The predicted octanol–water partition coefficient (Wildman–Crippen LogP) is 2.93. The van der Waals surface area contributed by atoms with Crippen LogP contribution in [0, 0.1) is 0 Å². The van der Waals surface area contributed by atoms with Gasteiger partial charge in [0.15, 0.2) is 0 Å². The molecule has 1 aliphatic heterocycles. The third kappa shape index (κ3) is 5.64. The van der Waals surface area contributed by atoms with Crippen molar-refractivity contribution < 1.29 is 19.1 Å². The van der Waals surface area contributed by atoms with Crippen molar-refractivity contribution in [3.8, 4) is 5.75 Å². The second kappa shape index (κ2) is 9.98. The van der Waals surface area contributed by atoms with Gasteiger partial charge in [0.05, 0.1) is 26.0 Å². The second-order valence-corrected chi connectivity index (χ2v) is 7.10. The van der Waals surface area contributed by atoms with Gasteiger partial charge < -0.3 is 30.3 Å². The van der Waals surface area contributed by atoms with Crippen LogP contribution in [0.3, 0.4) is 0 Å². The molecule has 1 aliphatic rings. The smallest absolute Gasteiger partial charge is 0.246 e. The number of carbonyl (C=O) groups is 2. The molecule has 1 heterocycles. The molecule has 1 atom stereocenters. The Morgan fingerprint density at radius 2 is 1.70 bits per heavy atom. The van der Waals surface area contributed by atoms with Crippen molar-refractivity contribution in [2.75, 3.05) is 54.3 Å². The summed E-state index contributed by atoms with van der Waals surface area (Å²) in [5.74, 6) is 0.233. The third-order valence-electron chi connectivity index (χ3n) is 4.80. The number of amides is 2. The van der Waals surface area contributed by atoms with Gasteiger partial charge in [-0.05, 0) is 49.4 Å². The van der Waals surface area contributed by atoms with E-state index >= 15 is 0 Å². The first-order valence-electron chi connectivity index (χ1n) is 9.92. The molecule has 0 saturated carbocycles. The Kier molecular flexibility index (Phi) is 7.13. The number of morpholine rings is 1.